The molecule has 1 atom stereocenters. The van der Waals surface area contributed by atoms with Crippen molar-refractivity contribution in [3.05, 3.63) is 24.0 Å². The van der Waals surface area contributed by atoms with Crippen LogP contribution >= 0.6 is 0 Å². The van der Waals surface area contributed by atoms with Crippen molar-refractivity contribution in [2.45, 2.75) is 32.9 Å². The van der Waals surface area contributed by atoms with E-state index in [0.717, 1.165) is 19.0 Å². The number of aromatic nitrogens is 1. The fourth-order valence-corrected chi connectivity index (χ4v) is 2.09. The molecule has 2 heteroatoms. The van der Waals surface area contributed by atoms with Crippen LogP contribution < -0.4 is 5.32 Å². The van der Waals surface area contributed by atoms with E-state index in [0.29, 0.717) is 6.04 Å². The van der Waals surface area contributed by atoms with Gasteiger partial charge in [-0.3, -0.25) is 0 Å². The Labute approximate surface area is 79.9 Å². The highest BCUT2D eigenvalue weighted by molar-refractivity contribution is 5.14. The predicted octanol–water partition coefficient (Wildman–Crippen LogP) is 2.18. The lowest BCUT2D eigenvalue weighted by Crippen LogP contribution is -2.33. The molecule has 0 unspecified atom stereocenters. The Morgan fingerprint density at radius 1 is 1.62 bits per heavy atom. The summed E-state index contributed by atoms with van der Waals surface area (Å²) in [4.78, 5) is 0. The first-order chi connectivity index (χ1) is 6.27. The maximum Gasteiger partial charge on any atom is 0.0477 e. The van der Waals surface area contributed by atoms with Crippen molar-refractivity contribution in [2.24, 2.45) is 5.92 Å². The topological polar surface area (TPSA) is 17.0 Å². The third-order valence-electron chi connectivity index (χ3n) is 2.67. The first-order valence-electron chi connectivity index (χ1n) is 5.16. The zero-order valence-electron chi connectivity index (χ0n) is 8.46. The summed E-state index contributed by atoms with van der Waals surface area (Å²) in [6.45, 7) is 6.79. The van der Waals surface area contributed by atoms with Crippen molar-refractivity contribution in [1.29, 1.82) is 0 Å². The van der Waals surface area contributed by atoms with Gasteiger partial charge in [-0.2, -0.15) is 0 Å². The van der Waals surface area contributed by atoms with Crippen LogP contribution in [0.5, 0.6) is 0 Å². The van der Waals surface area contributed by atoms with Gasteiger partial charge in [-0.05, 0) is 24.5 Å². The molecule has 1 aromatic heterocycles. The summed E-state index contributed by atoms with van der Waals surface area (Å²) < 4.78 is 2.36. The minimum Gasteiger partial charge on any atom is -0.349 e. The Hall–Kier alpha value is -0.760. The van der Waals surface area contributed by atoms with Crippen molar-refractivity contribution in [1.82, 2.24) is 9.88 Å². The van der Waals surface area contributed by atoms with Crippen LogP contribution in [0.4, 0.5) is 0 Å². The highest BCUT2D eigenvalue weighted by atomic mass is 15.1. The molecule has 0 aliphatic carbocycles. The molecule has 0 spiro atoms. The number of hydrogen-bond donors (Lipinski definition) is 1. The van der Waals surface area contributed by atoms with Crippen LogP contribution in [0, 0.1) is 5.92 Å². The number of nitrogens with one attached hydrogen (secondary N) is 1. The average molecular weight is 178 g/mol. The van der Waals surface area contributed by atoms with E-state index in [9.17, 15) is 0 Å². The Morgan fingerprint density at radius 3 is 3.23 bits per heavy atom. The van der Waals surface area contributed by atoms with E-state index in [4.69, 9.17) is 0 Å². The van der Waals surface area contributed by atoms with Crippen molar-refractivity contribution in [2.75, 3.05) is 6.54 Å². The van der Waals surface area contributed by atoms with Crippen LogP contribution in [-0.4, -0.2) is 11.1 Å². The largest absolute Gasteiger partial charge is 0.349 e. The maximum atomic E-state index is 3.57. The quantitative estimate of drug-likeness (QED) is 0.734. The van der Waals surface area contributed by atoms with Gasteiger partial charge in [0.1, 0.15) is 0 Å². The molecule has 1 aliphatic heterocycles. The summed E-state index contributed by atoms with van der Waals surface area (Å²) in [6, 6.07) is 4.96. The van der Waals surface area contributed by atoms with Gasteiger partial charge in [0.25, 0.3) is 0 Å². The van der Waals surface area contributed by atoms with Crippen LogP contribution in [0.25, 0.3) is 0 Å². The molecule has 0 saturated carbocycles. The van der Waals surface area contributed by atoms with E-state index < -0.39 is 0 Å². The number of hydrogen-bond acceptors (Lipinski definition) is 1. The van der Waals surface area contributed by atoms with Crippen LogP contribution in [0.15, 0.2) is 18.3 Å². The molecule has 2 rings (SSSR count). The molecule has 1 aromatic rings. The van der Waals surface area contributed by atoms with Gasteiger partial charge in [0.2, 0.25) is 0 Å². The molecule has 2 heterocycles. The van der Waals surface area contributed by atoms with Crippen molar-refractivity contribution in [3.63, 3.8) is 0 Å². The Bertz CT molecular complexity index is 275. The lowest BCUT2D eigenvalue weighted by atomic mass is 10.00. The van der Waals surface area contributed by atoms with Crippen LogP contribution in [-0.2, 0) is 6.54 Å². The minimum absolute atomic E-state index is 0.573. The predicted molar refractivity (Wildman–Crippen MR) is 54.6 cm³/mol. The Morgan fingerprint density at radius 2 is 2.46 bits per heavy atom. The fraction of sp³-hybridized carbons (Fsp3) is 0.636. The SMILES string of the molecule is CC(C)C[C@H]1NCCn2cccc21. The fourth-order valence-electron chi connectivity index (χ4n) is 2.09. The molecule has 2 nitrogen and oxygen atoms in total. The van der Waals surface area contributed by atoms with Crippen LogP contribution in [0.1, 0.15) is 32.0 Å². The van der Waals surface area contributed by atoms with Crippen LogP contribution in [0.2, 0.25) is 0 Å². The monoisotopic (exact) mass is 178 g/mol. The standard InChI is InChI=1S/C11H18N2/c1-9(2)8-10-11-4-3-6-13(11)7-5-12-10/h3-4,6,9-10,12H,5,7-8H2,1-2H3/t10-/m1/s1. The van der Waals surface area contributed by atoms with Gasteiger partial charge in [-0.25, -0.2) is 0 Å². The normalized spacial score (nSPS) is 21.9. The number of rotatable bonds is 2. The van der Waals surface area contributed by atoms with Gasteiger partial charge in [-0.1, -0.05) is 13.8 Å². The van der Waals surface area contributed by atoms with E-state index in [1.54, 1.807) is 0 Å². The van der Waals surface area contributed by atoms with Crippen molar-refractivity contribution >= 4 is 0 Å². The van der Waals surface area contributed by atoms with Crippen molar-refractivity contribution in [3.8, 4) is 0 Å². The Balaban J connectivity index is 2.15. The average Bonchev–Trinajstić information content (AvgIpc) is 2.51. The molecule has 1 N–H and O–H groups in total. The number of fused-ring (bicyclic) bond motifs is 1. The first-order valence-corrected chi connectivity index (χ1v) is 5.16. The minimum atomic E-state index is 0.573. The summed E-state index contributed by atoms with van der Waals surface area (Å²) in [7, 11) is 0. The highest BCUT2D eigenvalue weighted by Crippen LogP contribution is 2.23. The molecular formula is C11H18N2. The summed E-state index contributed by atoms with van der Waals surface area (Å²) in [5, 5.41) is 3.57. The van der Waals surface area contributed by atoms with Gasteiger partial charge >= 0.3 is 0 Å². The second kappa shape index (κ2) is 3.54. The molecule has 0 fully saturated rings. The summed E-state index contributed by atoms with van der Waals surface area (Å²) >= 11 is 0. The molecule has 0 aromatic carbocycles. The van der Waals surface area contributed by atoms with Gasteiger partial charge in [0.05, 0.1) is 0 Å². The molecule has 0 bridgehead atoms. The smallest absolute Gasteiger partial charge is 0.0477 e. The lowest BCUT2D eigenvalue weighted by Gasteiger charge is -2.27. The molecule has 72 valence electrons. The Kier molecular flexibility index (Phi) is 2.40. The third-order valence-corrected chi connectivity index (χ3v) is 2.67. The molecule has 0 saturated heterocycles. The molecular weight excluding hydrogens is 160 g/mol. The summed E-state index contributed by atoms with van der Waals surface area (Å²) in [5.74, 6) is 0.763. The van der Waals surface area contributed by atoms with Gasteiger partial charge < -0.3 is 9.88 Å². The van der Waals surface area contributed by atoms with E-state index in [1.165, 1.54) is 12.1 Å². The zero-order valence-corrected chi connectivity index (χ0v) is 8.46. The second-order valence-corrected chi connectivity index (χ2v) is 4.26. The van der Waals surface area contributed by atoms with Gasteiger partial charge in [0.15, 0.2) is 0 Å². The first kappa shape index (κ1) is 8.82. The number of nitrogens with zero attached hydrogens (tertiary/aromatic N) is 1. The van der Waals surface area contributed by atoms with E-state index in [-0.39, 0.29) is 0 Å². The third kappa shape index (κ3) is 1.78. The van der Waals surface area contributed by atoms with E-state index in [2.05, 4.69) is 42.1 Å². The molecule has 0 amide bonds. The molecule has 13 heavy (non-hydrogen) atoms. The molecule has 1 aliphatic rings. The van der Waals surface area contributed by atoms with E-state index in [1.807, 2.05) is 0 Å². The van der Waals surface area contributed by atoms with Gasteiger partial charge in [-0.15, -0.1) is 0 Å². The van der Waals surface area contributed by atoms with Crippen molar-refractivity contribution < 1.29 is 0 Å². The second-order valence-electron chi connectivity index (χ2n) is 4.26. The maximum absolute atomic E-state index is 3.57. The summed E-state index contributed by atoms with van der Waals surface area (Å²) in [6.07, 6.45) is 3.42. The van der Waals surface area contributed by atoms with Crippen LogP contribution in [0.3, 0.4) is 0 Å². The zero-order chi connectivity index (χ0) is 9.26. The van der Waals surface area contributed by atoms with E-state index >= 15 is 0 Å². The lowest BCUT2D eigenvalue weighted by molar-refractivity contribution is 0.367. The van der Waals surface area contributed by atoms with Gasteiger partial charge in [0, 0.05) is 31.0 Å². The highest BCUT2D eigenvalue weighted by Gasteiger charge is 2.19. The summed E-state index contributed by atoms with van der Waals surface area (Å²) in [5.41, 5.74) is 1.46. The molecule has 0 radical (unpaired) electrons.